The number of ether oxygens (including phenoxy) is 5. The standard InChI is InChI=1S/C51H78FN2O9PSi2.C38H50FN2O9P/c1-34(2)47-43(27-26-41-30-42(31-45(55)59-28-29-65(14,15)16)63-66(62-41,50(8,9)10)51(11,12)13)46(38-22-24-39(52)25-23-38)44(48(53-47)35(3)4)32-58-33-64(57,61-40-20-18-17-19-21-40)54-37(7)49(56)60-36(5)6;1-23(2)36-32(18-17-29(42)19-30(43)20-34(44)45)35(27-13-15-28(39)16-14-27)33(37(40-36)24(3)4)21-48-22-51(47,50-31-11-9-8-10-12-31)41-26(7)38(46)49-25(5)6/h17-27,34-37,41-42H,28-33H2,1-16H3,(H,54,57);8-18,23-26,29-30,42-43H,19-22H2,1-7H3,(H,41,47)(H,44,45)/b27-26+;18-17+/t37-,41+,42+,64?;26-,29+,30+,51?/m00/s1. The third kappa shape index (κ3) is 29.8. The summed E-state index contributed by atoms with van der Waals surface area (Å²) in [5.74, 6) is -3.10. The predicted octanol–water partition coefficient (Wildman–Crippen LogP) is 20.7. The minimum absolute atomic E-state index is 0.0287. The fourth-order valence-electron chi connectivity index (χ4n) is 13.8. The number of carboxylic acids is 1. The highest BCUT2D eigenvalue weighted by atomic mass is 31.2. The minimum atomic E-state index is -3.92. The van der Waals surface area contributed by atoms with Gasteiger partial charge in [0, 0.05) is 64.6 Å². The monoisotopic (exact) mass is 1700 g/mol. The molecule has 0 spiro atoms. The Kier molecular flexibility index (Phi) is 36.7. The van der Waals surface area contributed by atoms with E-state index in [9.17, 15) is 47.3 Å². The number of rotatable bonds is 39. The van der Waals surface area contributed by atoms with Crippen molar-refractivity contribution in [1.29, 1.82) is 0 Å². The number of para-hydroxylation sites is 2. The first-order chi connectivity index (χ1) is 54.5. The van der Waals surface area contributed by atoms with Gasteiger partial charge in [-0.3, -0.25) is 38.3 Å². The Balaban J connectivity index is 0.000000376. The maximum Gasteiger partial charge on any atom is 0.350 e. The molecule has 0 saturated carbocycles. The highest BCUT2D eigenvalue weighted by Crippen LogP contribution is 2.56. The zero-order valence-corrected chi connectivity index (χ0v) is 76.5. The second-order valence-corrected chi connectivity index (χ2v) is 49.4. The van der Waals surface area contributed by atoms with Gasteiger partial charge < -0.3 is 56.9 Å². The summed E-state index contributed by atoms with van der Waals surface area (Å²) in [6.07, 6.45) is 2.18. The Morgan fingerprint density at radius 2 is 0.991 bits per heavy atom. The molecule has 4 aromatic carbocycles. The van der Waals surface area contributed by atoms with E-state index in [1.165, 1.54) is 37.3 Å². The lowest BCUT2D eigenvalue weighted by molar-refractivity contribution is -0.149. The van der Waals surface area contributed by atoms with Crippen LogP contribution >= 0.6 is 15.0 Å². The molecule has 2 unspecified atom stereocenters. The number of aliphatic carboxylic acids is 1. The molecular weight excluding hydrogens is 1570 g/mol. The van der Waals surface area contributed by atoms with Crippen molar-refractivity contribution < 1.29 is 94.0 Å². The third-order valence-electron chi connectivity index (χ3n) is 19.0. The molecule has 0 amide bonds. The van der Waals surface area contributed by atoms with E-state index in [4.69, 9.17) is 56.7 Å². The number of carbonyl (C=O) groups excluding carboxylic acids is 3. The van der Waals surface area contributed by atoms with E-state index in [0.29, 0.717) is 58.2 Å². The first kappa shape index (κ1) is 98.4. The van der Waals surface area contributed by atoms with Gasteiger partial charge >= 0.3 is 47.5 Å². The predicted molar refractivity (Wildman–Crippen MR) is 462 cm³/mol. The van der Waals surface area contributed by atoms with Crippen LogP contribution in [0.2, 0.25) is 35.8 Å². The van der Waals surface area contributed by atoms with Crippen molar-refractivity contribution in [2.24, 2.45) is 0 Å². The molecule has 1 aliphatic rings. The van der Waals surface area contributed by atoms with Crippen LogP contribution in [0.5, 0.6) is 11.5 Å². The smallest absolute Gasteiger partial charge is 0.350 e. The van der Waals surface area contributed by atoms with Crippen LogP contribution in [0.25, 0.3) is 34.4 Å². The summed E-state index contributed by atoms with van der Waals surface area (Å²) in [6.45, 7) is 46.1. The number of nitrogens with zero attached hydrogens (tertiary/aromatic N) is 2. The van der Waals surface area contributed by atoms with Crippen molar-refractivity contribution in [2.45, 2.75) is 286 Å². The average molecular weight is 1700 g/mol. The second kappa shape index (κ2) is 43.7. The van der Waals surface area contributed by atoms with Crippen LogP contribution in [0.15, 0.2) is 121 Å². The first-order valence-electron chi connectivity index (χ1n) is 40.4. The number of carboxylic acid groups (broad SMARTS) is 1. The molecule has 117 heavy (non-hydrogen) atoms. The van der Waals surface area contributed by atoms with E-state index in [1.54, 1.807) is 120 Å². The van der Waals surface area contributed by atoms with E-state index < -0.39 is 111 Å². The molecule has 5 N–H and O–H groups in total. The topological polar surface area (TPSA) is 296 Å². The van der Waals surface area contributed by atoms with Crippen molar-refractivity contribution >= 4 is 67.7 Å². The molecule has 22 nitrogen and oxygen atoms in total. The van der Waals surface area contributed by atoms with Crippen molar-refractivity contribution in [3.63, 3.8) is 0 Å². The van der Waals surface area contributed by atoms with Crippen LogP contribution in [0, 0.1) is 11.6 Å². The van der Waals surface area contributed by atoms with Crippen molar-refractivity contribution in [1.82, 2.24) is 20.1 Å². The molecule has 7 rings (SSSR count). The zero-order chi connectivity index (χ0) is 87.3. The molecule has 8 atom stereocenters. The van der Waals surface area contributed by atoms with Crippen molar-refractivity contribution in [3.05, 3.63) is 178 Å². The van der Waals surface area contributed by atoms with Gasteiger partial charge in [-0.1, -0.05) is 202 Å². The fraction of sp³-hybridized carbons (Fsp3) is 0.528. The third-order valence-corrected chi connectivity index (χ3v) is 29.5. The molecule has 6 aromatic rings. The Morgan fingerprint density at radius 3 is 1.36 bits per heavy atom. The Morgan fingerprint density at radius 1 is 0.590 bits per heavy atom. The normalized spacial score (nSPS) is 16.9. The quantitative estimate of drug-likeness (QED) is 0.0104. The molecule has 1 aliphatic heterocycles. The molecule has 2 aromatic heterocycles. The number of pyridine rings is 2. The van der Waals surface area contributed by atoms with Crippen molar-refractivity contribution in [2.75, 3.05) is 19.3 Å². The average Bonchev–Trinajstić information content (AvgIpc) is 0.741. The Labute approximate surface area is 694 Å². The maximum absolute atomic E-state index is 14.7. The number of halogens is 2. The summed E-state index contributed by atoms with van der Waals surface area (Å²) in [5.41, 5.74) is 8.58. The molecule has 3 heterocycles. The van der Waals surface area contributed by atoms with Gasteiger partial charge in [0.1, 0.15) is 47.9 Å². The number of hydrogen-bond acceptors (Lipinski definition) is 19. The van der Waals surface area contributed by atoms with Crippen molar-refractivity contribution in [3.8, 4) is 33.8 Å². The number of hydrogen-bond donors (Lipinski definition) is 5. The van der Waals surface area contributed by atoms with Crippen LogP contribution in [0.4, 0.5) is 8.78 Å². The number of benzene rings is 4. The highest BCUT2D eigenvalue weighted by Gasteiger charge is 2.62. The molecular formula is C89H128F2N4O18P2Si2. The molecule has 1 fully saturated rings. The van der Waals surface area contributed by atoms with Gasteiger partial charge in [-0.05, 0) is 142 Å². The number of esters is 3. The van der Waals surface area contributed by atoms with Crippen LogP contribution in [-0.2, 0) is 74.1 Å². The van der Waals surface area contributed by atoms with Crippen LogP contribution in [-0.4, -0.2) is 134 Å². The van der Waals surface area contributed by atoms with E-state index in [1.807, 2.05) is 39.8 Å². The van der Waals surface area contributed by atoms with Gasteiger partial charge in [-0.2, -0.15) is 0 Å². The summed E-state index contributed by atoms with van der Waals surface area (Å²) in [5, 5.41) is 34.8. The van der Waals surface area contributed by atoms with Gasteiger partial charge in [0.25, 0.3) is 0 Å². The van der Waals surface area contributed by atoms with Gasteiger partial charge in [0.15, 0.2) is 0 Å². The van der Waals surface area contributed by atoms with Gasteiger partial charge in [0.2, 0.25) is 0 Å². The molecule has 1 saturated heterocycles. The van der Waals surface area contributed by atoms with Gasteiger partial charge in [0.05, 0.1) is 80.7 Å². The fourth-order valence-corrected chi connectivity index (χ4v) is 22.8. The van der Waals surface area contributed by atoms with Crippen LogP contribution in [0.1, 0.15) is 233 Å². The second-order valence-electron chi connectivity index (χ2n) is 35.0. The summed E-state index contributed by atoms with van der Waals surface area (Å²) >= 11 is 0. The van der Waals surface area contributed by atoms with Gasteiger partial charge in [-0.15, -0.1) is 0 Å². The van der Waals surface area contributed by atoms with E-state index in [0.717, 1.165) is 39.7 Å². The molecule has 28 heteroatoms. The number of aliphatic hydroxyl groups excluding tert-OH is 2. The van der Waals surface area contributed by atoms with Crippen LogP contribution < -0.4 is 19.2 Å². The molecule has 0 radical (unpaired) electrons. The number of nitrogens with one attached hydrogen (secondary N) is 2. The lowest BCUT2D eigenvalue weighted by Gasteiger charge is -2.54. The van der Waals surface area contributed by atoms with Gasteiger partial charge in [-0.25, -0.2) is 19.0 Å². The summed E-state index contributed by atoms with van der Waals surface area (Å²) < 4.78 is 113. The number of aliphatic hydroxyl groups is 2. The summed E-state index contributed by atoms with van der Waals surface area (Å²) in [7, 11) is -12.4. The van der Waals surface area contributed by atoms with E-state index >= 15 is 0 Å². The lowest BCUT2D eigenvalue weighted by Crippen LogP contribution is -2.63. The molecule has 0 aliphatic carbocycles. The zero-order valence-electron chi connectivity index (χ0n) is 72.7. The first-order valence-corrected chi connectivity index (χ1v) is 49.6. The largest absolute Gasteiger partial charge is 0.481 e. The molecule has 0 bridgehead atoms. The Bertz CT molecular complexity index is 4380. The molecule has 644 valence electrons. The Hall–Kier alpha value is -7.43. The SMILES string of the molecule is CC(C)OC(=O)[C@H](C)NP(=O)(COCc1c(C(C)C)nc(C(C)C)c(/C=C/[C@@H](O)C[C@@H](O)CC(=O)O)c1-c1ccc(F)cc1)Oc1ccccc1.CC(C)OC(=O)[C@H](C)NP(=O)(COCc1c(C(C)C)nc(C(C)C)c(/C=C/[C@@H]2C[C@H](CC(=O)OCC[Si](C)(C)C)O[Si](C(C)(C)C)(C(C)(C)C)O2)c1-c1ccc(F)cc1)Oc1ccccc1. The number of aromatic nitrogens is 2. The highest BCUT2D eigenvalue weighted by molar-refractivity contribution is 7.57. The lowest BCUT2D eigenvalue weighted by atomic mass is 9.87. The van der Waals surface area contributed by atoms with E-state index in [2.05, 4.69) is 105 Å². The maximum atomic E-state index is 14.7. The number of carbonyl (C=O) groups is 4. The van der Waals surface area contributed by atoms with E-state index in [-0.39, 0.29) is 83.8 Å². The summed E-state index contributed by atoms with van der Waals surface area (Å²) in [6, 6.07) is 28.4. The summed E-state index contributed by atoms with van der Waals surface area (Å²) in [4.78, 5) is 60.4. The van der Waals surface area contributed by atoms with Crippen LogP contribution in [0.3, 0.4) is 0 Å². The minimum Gasteiger partial charge on any atom is -0.481 e.